The van der Waals surface area contributed by atoms with Crippen LogP contribution < -0.4 is 0 Å². The van der Waals surface area contributed by atoms with Crippen molar-refractivity contribution in [1.82, 2.24) is 0 Å². The molecular formula is C22H24ClNOS. The summed E-state index contributed by atoms with van der Waals surface area (Å²) in [5, 5.41) is 0.735. The maximum absolute atomic E-state index is 10.4. The summed E-state index contributed by atoms with van der Waals surface area (Å²) >= 11 is 8.14. The van der Waals surface area contributed by atoms with E-state index in [1.807, 2.05) is 12.1 Å². The molecule has 0 fully saturated rings. The molecule has 4 heteroatoms. The minimum absolute atomic E-state index is 0.324. The number of aryl methyl sites for hydroxylation is 1. The van der Waals surface area contributed by atoms with E-state index in [2.05, 4.69) is 54.7 Å². The van der Waals surface area contributed by atoms with Gasteiger partial charge in [0.15, 0.2) is 0 Å². The molecule has 0 bridgehead atoms. The first-order valence-corrected chi connectivity index (χ1v) is 10.1. The highest BCUT2D eigenvalue weighted by Gasteiger charge is 2.12. The van der Waals surface area contributed by atoms with Gasteiger partial charge in [0.2, 0.25) is 0 Å². The van der Waals surface area contributed by atoms with Crippen LogP contribution in [0.1, 0.15) is 44.2 Å². The van der Waals surface area contributed by atoms with Gasteiger partial charge in [-0.1, -0.05) is 80.4 Å². The molecule has 0 aliphatic rings. The van der Waals surface area contributed by atoms with E-state index in [4.69, 9.17) is 11.6 Å². The Labute approximate surface area is 165 Å². The summed E-state index contributed by atoms with van der Waals surface area (Å²) in [5.74, 6) is 0. The topological polar surface area (TPSA) is 29.4 Å². The molecule has 0 saturated heterocycles. The molecule has 0 atom stereocenters. The smallest absolute Gasteiger partial charge is 0.125 e. The van der Waals surface area contributed by atoms with Crippen molar-refractivity contribution < 1.29 is 4.79 Å². The Kier molecular flexibility index (Phi) is 8.66. The molecule has 0 aromatic heterocycles. The van der Waals surface area contributed by atoms with Crippen LogP contribution in [0.15, 0.2) is 52.9 Å². The molecule has 2 nitrogen and oxygen atoms in total. The van der Waals surface area contributed by atoms with E-state index in [1.54, 1.807) is 6.21 Å². The average molecular weight is 386 g/mol. The van der Waals surface area contributed by atoms with Crippen molar-refractivity contribution in [2.45, 2.75) is 39.5 Å². The van der Waals surface area contributed by atoms with E-state index >= 15 is 0 Å². The lowest BCUT2D eigenvalue weighted by atomic mass is 9.99. The Balaban J connectivity index is 2.39. The van der Waals surface area contributed by atoms with Crippen molar-refractivity contribution in [1.29, 1.82) is 0 Å². The Bertz CT molecular complexity index is 798. The first-order chi connectivity index (χ1) is 12.7. The number of rotatable bonds is 9. The minimum atomic E-state index is 0.324. The highest BCUT2D eigenvalue weighted by molar-refractivity contribution is 8.07. The monoisotopic (exact) mass is 385 g/mol. The third-order valence-corrected chi connectivity index (χ3v) is 5.10. The average Bonchev–Trinajstić information content (AvgIpc) is 2.65. The molecule has 136 valence electrons. The summed E-state index contributed by atoms with van der Waals surface area (Å²) in [6.07, 6.45) is 7.96. The highest BCUT2D eigenvalue weighted by atomic mass is 35.5. The second kappa shape index (κ2) is 11.0. The second-order valence-electron chi connectivity index (χ2n) is 5.88. The lowest BCUT2D eigenvalue weighted by Crippen LogP contribution is -1.89. The van der Waals surface area contributed by atoms with Gasteiger partial charge >= 0.3 is 0 Å². The van der Waals surface area contributed by atoms with Crippen LogP contribution in [-0.2, 0) is 11.2 Å². The third kappa shape index (κ3) is 5.58. The predicted molar refractivity (Wildman–Crippen MR) is 116 cm³/mol. The van der Waals surface area contributed by atoms with Crippen molar-refractivity contribution >= 4 is 41.0 Å². The van der Waals surface area contributed by atoms with Crippen molar-refractivity contribution in [2.75, 3.05) is 0 Å². The normalized spacial score (nSPS) is 11.9. The summed E-state index contributed by atoms with van der Waals surface area (Å²) in [6.45, 7) is 4.27. The van der Waals surface area contributed by atoms with E-state index in [9.17, 15) is 4.79 Å². The summed E-state index contributed by atoms with van der Waals surface area (Å²) in [6, 6.07) is 14.7. The molecule has 0 saturated carbocycles. The van der Waals surface area contributed by atoms with Gasteiger partial charge in [-0.05, 0) is 24.0 Å². The van der Waals surface area contributed by atoms with Gasteiger partial charge in [0.1, 0.15) is 6.29 Å². The van der Waals surface area contributed by atoms with E-state index in [-0.39, 0.29) is 0 Å². The maximum Gasteiger partial charge on any atom is 0.125 e. The van der Waals surface area contributed by atoms with Gasteiger partial charge in [-0.2, -0.15) is 0 Å². The van der Waals surface area contributed by atoms with Gasteiger partial charge in [-0.15, -0.1) is 0 Å². The van der Waals surface area contributed by atoms with Gasteiger partial charge in [0, 0.05) is 40.6 Å². The molecule has 0 unspecified atom stereocenters. The highest BCUT2D eigenvalue weighted by Crippen LogP contribution is 2.39. The summed E-state index contributed by atoms with van der Waals surface area (Å²) in [7, 11) is 0. The van der Waals surface area contributed by atoms with Crippen molar-refractivity contribution in [3.63, 3.8) is 0 Å². The number of hydrogen-bond acceptors (Lipinski definition) is 3. The molecular weight excluding hydrogens is 362 g/mol. The maximum atomic E-state index is 10.4. The SMILES string of the molecule is CC/C=C(\SN=CCC=O)c1cccc(-c2cccc(CCC)c2)c1Cl. The van der Waals surface area contributed by atoms with E-state index in [0.29, 0.717) is 6.42 Å². The van der Waals surface area contributed by atoms with Crippen molar-refractivity contribution in [2.24, 2.45) is 4.40 Å². The summed E-state index contributed by atoms with van der Waals surface area (Å²) in [4.78, 5) is 11.4. The summed E-state index contributed by atoms with van der Waals surface area (Å²) in [5.41, 5.74) is 4.46. The third-order valence-electron chi connectivity index (χ3n) is 3.86. The van der Waals surface area contributed by atoms with Gasteiger partial charge in [0.25, 0.3) is 0 Å². The predicted octanol–water partition coefficient (Wildman–Crippen LogP) is 7.02. The van der Waals surface area contributed by atoms with Crippen LogP contribution in [0.25, 0.3) is 16.0 Å². The molecule has 26 heavy (non-hydrogen) atoms. The number of allylic oxidation sites excluding steroid dienone is 1. The lowest BCUT2D eigenvalue weighted by Gasteiger charge is -2.12. The zero-order valence-corrected chi connectivity index (χ0v) is 16.8. The van der Waals surface area contributed by atoms with Crippen LogP contribution in [-0.4, -0.2) is 12.5 Å². The molecule has 0 aliphatic heterocycles. The first-order valence-electron chi connectivity index (χ1n) is 8.92. The van der Waals surface area contributed by atoms with Crippen molar-refractivity contribution in [3.8, 4) is 11.1 Å². The molecule has 0 heterocycles. The molecule has 0 aliphatic carbocycles. The van der Waals surface area contributed by atoms with Gasteiger partial charge in [-0.25, -0.2) is 4.40 Å². The number of nitrogens with zero attached hydrogens (tertiary/aromatic N) is 1. The number of hydrogen-bond donors (Lipinski definition) is 0. The van der Waals surface area contributed by atoms with Crippen LogP contribution in [0, 0.1) is 0 Å². The Morgan fingerprint density at radius 2 is 2.00 bits per heavy atom. The number of benzene rings is 2. The zero-order valence-electron chi connectivity index (χ0n) is 15.2. The van der Waals surface area contributed by atoms with E-state index in [0.717, 1.165) is 52.2 Å². The standard InChI is InChI=1S/C22H24ClNOS/c1-3-8-17-10-5-11-18(16-17)19-12-6-13-20(22(19)23)21(9-4-2)26-24-14-7-15-25/h5-6,9-16H,3-4,7-8H2,1-2H3/b21-9-,24-14?. The van der Waals surface area contributed by atoms with Crippen LogP contribution in [0.5, 0.6) is 0 Å². The number of carbonyl (C=O) groups is 1. The molecule has 0 spiro atoms. The van der Waals surface area contributed by atoms with Crippen LogP contribution >= 0.6 is 23.5 Å². The molecule has 2 rings (SSSR count). The second-order valence-corrected chi connectivity index (χ2v) is 7.09. The van der Waals surface area contributed by atoms with E-state index in [1.165, 1.54) is 17.5 Å². The fourth-order valence-electron chi connectivity index (χ4n) is 2.69. The molecule has 2 aromatic carbocycles. The number of halogens is 1. The Hall–Kier alpha value is -1.84. The fourth-order valence-corrected chi connectivity index (χ4v) is 3.87. The van der Waals surface area contributed by atoms with Crippen LogP contribution in [0.3, 0.4) is 0 Å². The molecule has 2 aromatic rings. The van der Waals surface area contributed by atoms with Gasteiger partial charge in [0.05, 0.1) is 5.02 Å². The molecule has 0 N–H and O–H groups in total. The molecule has 0 radical (unpaired) electrons. The van der Waals surface area contributed by atoms with Crippen molar-refractivity contribution in [3.05, 3.63) is 64.7 Å². The zero-order chi connectivity index (χ0) is 18.8. The quantitative estimate of drug-likeness (QED) is 0.263. The number of aldehydes is 1. The Morgan fingerprint density at radius 3 is 2.73 bits per heavy atom. The number of carbonyl (C=O) groups excluding carboxylic acids is 1. The van der Waals surface area contributed by atoms with Crippen LogP contribution in [0.4, 0.5) is 0 Å². The minimum Gasteiger partial charge on any atom is -0.303 e. The summed E-state index contributed by atoms with van der Waals surface area (Å²) < 4.78 is 4.27. The fraction of sp³-hybridized carbons (Fsp3) is 0.273. The Morgan fingerprint density at radius 1 is 1.19 bits per heavy atom. The van der Waals surface area contributed by atoms with Gasteiger partial charge in [-0.3, -0.25) is 0 Å². The van der Waals surface area contributed by atoms with Gasteiger partial charge < -0.3 is 4.79 Å². The lowest BCUT2D eigenvalue weighted by molar-refractivity contribution is -0.106. The molecule has 0 amide bonds. The first kappa shape index (κ1) is 20.5. The van der Waals surface area contributed by atoms with Crippen LogP contribution in [0.2, 0.25) is 5.02 Å². The van der Waals surface area contributed by atoms with E-state index < -0.39 is 0 Å². The largest absolute Gasteiger partial charge is 0.303 e.